The summed E-state index contributed by atoms with van der Waals surface area (Å²) in [5, 5.41) is 21.5. The van der Waals surface area contributed by atoms with Crippen LogP contribution in [0.4, 0.5) is 0 Å². The van der Waals surface area contributed by atoms with Crippen molar-refractivity contribution < 1.29 is 5.11 Å². The van der Waals surface area contributed by atoms with Gasteiger partial charge < -0.3 is 5.11 Å². The monoisotopic (exact) mass is 196 g/mol. The molecule has 0 aliphatic heterocycles. The lowest BCUT2D eigenvalue weighted by molar-refractivity contribution is 0.0470. The Morgan fingerprint density at radius 2 is 2.29 bits per heavy atom. The van der Waals surface area contributed by atoms with E-state index in [2.05, 4.69) is 10.0 Å². The lowest BCUT2D eigenvalue weighted by Crippen LogP contribution is -2.29. The van der Waals surface area contributed by atoms with Gasteiger partial charge in [-0.3, -0.25) is 0 Å². The summed E-state index contributed by atoms with van der Waals surface area (Å²) in [5.74, 6) is 0. The Bertz CT molecular complexity index is 250. The molecule has 1 atom stereocenters. The van der Waals surface area contributed by atoms with Crippen molar-refractivity contribution >= 4 is 0 Å². The van der Waals surface area contributed by atoms with E-state index in [4.69, 9.17) is 10.8 Å². The normalized spacial score (nSPS) is 12.7. The number of nitriles is 1. The molecule has 0 aromatic carbocycles. The minimum atomic E-state index is -0.612. The molecule has 0 aromatic rings. The van der Waals surface area contributed by atoms with Crippen molar-refractivity contribution in [3.63, 3.8) is 0 Å². The first-order chi connectivity index (χ1) is 6.54. The fourth-order valence-electron chi connectivity index (χ4n) is 1.18. The number of nitrogens with zero attached hydrogens (tertiary/aromatic N) is 4. The molecular formula is C9H16N4O. The largest absolute Gasteiger partial charge is 0.391 e. The lowest BCUT2D eigenvalue weighted by Gasteiger charge is -2.28. The highest BCUT2D eigenvalue weighted by Crippen LogP contribution is 2.28. The van der Waals surface area contributed by atoms with Gasteiger partial charge in [-0.2, -0.15) is 5.26 Å². The minimum absolute atomic E-state index is 0.147. The van der Waals surface area contributed by atoms with Crippen molar-refractivity contribution in [2.24, 2.45) is 10.5 Å². The van der Waals surface area contributed by atoms with Gasteiger partial charge in [0, 0.05) is 11.5 Å². The van der Waals surface area contributed by atoms with Crippen LogP contribution in [0.15, 0.2) is 5.11 Å². The Hall–Kier alpha value is -1.24. The van der Waals surface area contributed by atoms with Crippen LogP contribution in [0, 0.1) is 16.7 Å². The molecule has 0 bridgehead atoms. The minimum Gasteiger partial charge on any atom is -0.391 e. The van der Waals surface area contributed by atoms with Crippen LogP contribution in [-0.2, 0) is 0 Å². The second-order valence-corrected chi connectivity index (χ2v) is 3.92. The highest BCUT2D eigenvalue weighted by atomic mass is 16.3. The van der Waals surface area contributed by atoms with Gasteiger partial charge in [0.2, 0.25) is 0 Å². The molecule has 0 aromatic heterocycles. The van der Waals surface area contributed by atoms with Crippen molar-refractivity contribution in [1.29, 1.82) is 5.26 Å². The summed E-state index contributed by atoms with van der Waals surface area (Å²) in [5.41, 5.74) is 7.76. The van der Waals surface area contributed by atoms with Gasteiger partial charge >= 0.3 is 0 Å². The van der Waals surface area contributed by atoms with Gasteiger partial charge in [0.1, 0.15) is 0 Å². The summed E-state index contributed by atoms with van der Waals surface area (Å²) in [4.78, 5) is 2.65. The standard InChI is InChI=1S/C9H16N4O/c1-9(2,8(14)4-6-10)5-3-7-12-13-11/h8,14H,3-5,7H2,1-2H3. The number of aliphatic hydroxyl groups excluding tert-OH is 1. The van der Waals surface area contributed by atoms with Crippen LogP contribution in [0.2, 0.25) is 0 Å². The molecule has 0 aliphatic carbocycles. The van der Waals surface area contributed by atoms with Crippen LogP contribution < -0.4 is 0 Å². The quantitative estimate of drug-likeness (QED) is 0.305. The van der Waals surface area contributed by atoms with Crippen LogP contribution in [0.3, 0.4) is 0 Å². The molecule has 14 heavy (non-hydrogen) atoms. The first kappa shape index (κ1) is 12.8. The van der Waals surface area contributed by atoms with E-state index in [1.165, 1.54) is 0 Å². The number of azide groups is 1. The van der Waals surface area contributed by atoms with Crippen LogP contribution in [0.5, 0.6) is 0 Å². The third-order valence-corrected chi connectivity index (χ3v) is 2.33. The Kier molecular flexibility index (Phi) is 5.70. The maximum atomic E-state index is 9.61. The lowest BCUT2D eigenvalue weighted by atomic mass is 9.81. The van der Waals surface area contributed by atoms with Gasteiger partial charge in [-0.15, -0.1) is 0 Å². The zero-order valence-corrected chi connectivity index (χ0v) is 8.64. The molecule has 0 heterocycles. The molecule has 0 amide bonds. The molecule has 78 valence electrons. The summed E-state index contributed by atoms with van der Waals surface area (Å²) < 4.78 is 0. The van der Waals surface area contributed by atoms with Gasteiger partial charge in [-0.25, -0.2) is 0 Å². The van der Waals surface area contributed by atoms with E-state index in [9.17, 15) is 5.11 Å². The number of rotatable bonds is 6. The fraction of sp³-hybridized carbons (Fsp3) is 0.889. The van der Waals surface area contributed by atoms with Crippen LogP contribution in [0.25, 0.3) is 10.4 Å². The first-order valence-corrected chi connectivity index (χ1v) is 4.60. The summed E-state index contributed by atoms with van der Waals surface area (Å²) in [6.45, 7) is 4.26. The maximum Gasteiger partial charge on any atom is 0.0720 e. The number of hydrogen-bond donors (Lipinski definition) is 1. The van der Waals surface area contributed by atoms with Gasteiger partial charge in [-0.05, 0) is 23.8 Å². The molecule has 0 rings (SSSR count). The third-order valence-electron chi connectivity index (χ3n) is 2.33. The second-order valence-electron chi connectivity index (χ2n) is 3.92. The molecule has 0 saturated heterocycles. The van der Waals surface area contributed by atoms with E-state index in [0.29, 0.717) is 6.54 Å². The average molecular weight is 196 g/mol. The third kappa shape index (κ3) is 4.70. The van der Waals surface area contributed by atoms with E-state index in [1.54, 1.807) is 0 Å². The van der Waals surface area contributed by atoms with Crippen molar-refractivity contribution in [2.75, 3.05) is 6.54 Å². The van der Waals surface area contributed by atoms with E-state index in [1.807, 2.05) is 19.9 Å². The van der Waals surface area contributed by atoms with Crippen LogP contribution >= 0.6 is 0 Å². The van der Waals surface area contributed by atoms with Crippen molar-refractivity contribution in [3.8, 4) is 6.07 Å². The molecule has 5 nitrogen and oxygen atoms in total. The Morgan fingerprint density at radius 3 is 2.79 bits per heavy atom. The first-order valence-electron chi connectivity index (χ1n) is 4.60. The molecule has 1 N–H and O–H groups in total. The number of hydrogen-bond acceptors (Lipinski definition) is 3. The summed E-state index contributed by atoms with van der Waals surface area (Å²) in [6.07, 6.45) is 1.02. The zero-order chi connectivity index (χ0) is 11.0. The smallest absolute Gasteiger partial charge is 0.0720 e. The number of aliphatic hydroxyl groups is 1. The van der Waals surface area contributed by atoms with Gasteiger partial charge in [0.05, 0.1) is 18.6 Å². The van der Waals surface area contributed by atoms with Crippen LogP contribution in [0.1, 0.15) is 33.1 Å². The SMILES string of the molecule is CC(C)(CCCN=[N+]=[N-])C(O)CC#N. The zero-order valence-electron chi connectivity index (χ0n) is 8.64. The predicted octanol–water partition coefficient (Wildman–Crippen LogP) is 2.38. The van der Waals surface area contributed by atoms with E-state index >= 15 is 0 Å². The van der Waals surface area contributed by atoms with E-state index in [-0.39, 0.29) is 11.8 Å². The van der Waals surface area contributed by atoms with Crippen LogP contribution in [-0.4, -0.2) is 17.8 Å². The molecule has 0 aliphatic rings. The van der Waals surface area contributed by atoms with E-state index < -0.39 is 6.10 Å². The fourth-order valence-corrected chi connectivity index (χ4v) is 1.18. The molecule has 5 heteroatoms. The topological polar surface area (TPSA) is 92.8 Å². The summed E-state index contributed by atoms with van der Waals surface area (Å²) in [7, 11) is 0. The molecule has 0 radical (unpaired) electrons. The highest BCUT2D eigenvalue weighted by molar-refractivity contribution is 4.85. The molecule has 0 saturated carbocycles. The van der Waals surface area contributed by atoms with Gasteiger partial charge in [0.25, 0.3) is 0 Å². The van der Waals surface area contributed by atoms with Crippen molar-refractivity contribution in [2.45, 2.75) is 39.2 Å². The van der Waals surface area contributed by atoms with Gasteiger partial charge in [-0.1, -0.05) is 19.0 Å². The Labute approximate surface area is 84.0 Å². The maximum absolute atomic E-state index is 9.61. The highest BCUT2D eigenvalue weighted by Gasteiger charge is 2.26. The molecule has 0 fully saturated rings. The van der Waals surface area contributed by atoms with Crippen molar-refractivity contribution in [3.05, 3.63) is 10.4 Å². The summed E-state index contributed by atoms with van der Waals surface area (Å²) >= 11 is 0. The second kappa shape index (κ2) is 6.25. The molecule has 1 unspecified atom stereocenters. The van der Waals surface area contributed by atoms with E-state index in [0.717, 1.165) is 12.8 Å². The molecular weight excluding hydrogens is 180 g/mol. The Balaban J connectivity index is 3.93. The molecule has 0 spiro atoms. The summed E-state index contributed by atoms with van der Waals surface area (Å²) in [6, 6.07) is 1.94. The average Bonchev–Trinajstić information content (AvgIpc) is 2.13. The van der Waals surface area contributed by atoms with Gasteiger partial charge in [0.15, 0.2) is 0 Å². The Morgan fingerprint density at radius 1 is 1.64 bits per heavy atom. The van der Waals surface area contributed by atoms with Crippen molar-refractivity contribution in [1.82, 2.24) is 0 Å². The predicted molar refractivity (Wildman–Crippen MR) is 53.3 cm³/mol.